The summed E-state index contributed by atoms with van der Waals surface area (Å²) in [6, 6.07) is 8.12. The van der Waals surface area contributed by atoms with Crippen LogP contribution < -0.4 is 0 Å². The minimum Gasteiger partial charge on any atom is -0.462 e. The summed E-state index contributed by atoms with van der Waals surface area (Å²) in [7, 11) is 3.42. The first-order chi connectivity index (χ1) is 25.5. The third-order valence-electron chi connectivity index (χ3n) is 11.5. The van der Waals surface area contributed by atoms with Gasteiger partial charge in [0.25, 0.3) is 0 Å². The van der Waals surface area contributed by atoms with Crippen LogP contribution in [0.1, 0.15) is 86.8 Å². The van der Waals surface area contributed by atoms with Crippen molar-refractivity contribution in [3.8, 4) is 0 Å². The van der Waals surface area contributed by atoms with Gasteiger partial charge in [-0.1, -0.05) is 57.7 Å². The van der Waals surface area contributed by atoms with E-state index in [1.54, 1.807) is 57.1 Å². The number of rotatable bonds is 10. The number of aliphatic hydroxyl groups is 1. The lowest BCUT2D eigenvalue weighted by Crippen LogP contribution is -2.68. The number of carbonyl (C=O) groups is 6. The van der Waals surface area contributed by atoms with Crippen molar-refractivity contribution in [2.45, 2.75) is 124 Å². The summed E-state index contributed by atoms with van der Waals surface area (Å²) >= 11 is 0. The monoisotopic (exact) mass is 769 g/mol. The first-order valence-corrected chi connectivity index (χ1v) is 18.4. The number of hydrogen-bond donors (Lipinski definition) is 1. The van der Waals surface area contributed by atoms with Gasteiger partial charge in [-0.15, -0.1) is 0 Å². The number of carbonyl (C=O) groups excluding carboxylic acids is 6. The third kappa shape index (κ3) is 8.65. The maximum Gasteiger partial charge on any atom is 0.337 e. The minimum atomic E-state index is -1.67. The second-order valence-corrected chi connectivity index (χ2v) is 15.8. The van der Waals surface area contributed by atoms with Crippen molar-refractivity contribution < 1.29 is 62.3 Å². The zero-order chi connectivity index (χ0) is 41.3. The van der Waals surface area contributed by atoms with Crippen LogP contribution in [0.25, 0.3) is 0 Å². The second-order valence-electron chi connectivity index (χ2n) is 15.8. The molecule has 302 valence electrons. The fourth-order valence-corrected chi connectivity index (χ4v) is 9.35. The quantitative estimate of drug-likeness (QED) is 0.203. The molecular weight excluding hydrogens is 714 g/mol. The average molecular weight is 770 g/mol. The van der Waals surface area contributed by atoms with Crippen molar-refractivity contribution in [1.82, 2.24) is 4.90 Å². The molecule has 2 saturated carbocycles. The van der Waals surface area contributed by atoms with Crippen LogP contribution in [-0.4, -0.2) is 103 Å². The highest BCUT2D eigenvalue weighted by Crippen LogP contribution is 2.62. The average Bonchev–Trinajstić information content (AvgIpc) is 3.05. The zero-order valence-electron chi connectivity index (χ0n) is 33.6. The summed E-state index contributed by atoms with van der Waals surface area (Å²) in [5.74, 6) is -6.24. The van der Waals surface area contributed by atoms with E-state index in [4.69, 9.17) is 28.4 Å². The maximum atomic E-state index is 14.0. The van der Waals surface area contributed by atoms with E-state index in [1.807, 2.05) is 19.9 Å². The van der Waals surface area contributed by atoms with Crippen molar-refractivity contribution in [2.24, 2.45) is 22.7 Å². The molecule has 4 rings (SSSR count). The molecule has 0 saturated heterocycles. The second kappa shape index (κ2) is 16.7. The normalized spacial score (nSPS) is 31.0. The van der Waals surface area contributed by atoms with E-state index in [1.165, 1.54) is 34.6 Å². The Morgan fingerprint density at radius 3 is 1.82 bits per heavy atom. The Balaban J connectivity index is 2.01. The molecule has 14 heteroatoms. The summed E-state index contributed by atoms with van der Waals surface area (Å²) in [6.07, 6.45) is -8.94. The molecule has 2 fully saturated rings. The summed E-state index contributed by atoms with van der Waals surface area (Å²) in [5.41, 5.74) is -0.661. The SMILES string of the molecule is C=C1C(OC(=O)C(O)C(c2ccccc2)N(C)C)CC(OC(C)=O)[C@@]2(C)C(OC(C)=O)C(OC(C)=O)C3=C(C)C(OC(C)=O)C[C@@H](C(OC(C)=O)[C@H]12)C3(C)C. The van der Waals surface area contributed by atoms with Crippen molar-refractivity contribution in [3.05, 3.63) is 59.2 Å². The molecule has 1 aromatic rings. The standard InChI is InChI=1S/C41H55NO13/c1-20-29(50-22(3)43)18-28-36(52-24(5)45)33-21(2)30(55-39(49)35(48)34(42(11)12)27-16-14-13-15-17-27)19-31(51-23(4)44)41(33,10)38(54-26(7)47)37(53-25(6)46)32(20)40(28,8)9/h13-17,28-31,33-38,48H,2,18-19H2,1,3-12H3/t28-,29?,30?,31?,33-,34?,35?,36?,37?,38?,41+/m0/s1. The number of esters is 6. The Labute approximate surface area is 322 Å². The minimum absolute atomic E-state index is 0.147. The summed E-state index contributed by atoms with van der Waals surface area (Å²) < 4.78 is 36.4. The molecule has 0 spiro atoms. The molecule has 1 aromatic carbocycles. The fraction of sp³-hybridized carbons (Fsp3) is 0.610. The molecule has 3 aliphatic rings. The number of likely N-dealkylation sites (N-methyl/N-ethyl adjacent to an activating group) is 1. The lowest BCUT2D eigenvalue weighted by molar-refractivity contribution is -0.231. The van der Waals surface area contributed by atoms with Gasteiger partial charge < -0.3 is 33.5 Å². The Morgan fingerprint density at radius 2 is 1.31 bits per heavy atom. The predicted octanol–water partition coefficient (Wildman–Crippen LogP) is 4.18. The molecule has 0 aromatic heterocycles. The van der Waals surface area contributed by atoms with Crippen LogP contribution in [0.15, 0.2) is 53.6 Å². The van der Waals surface area contributed by atoms with Crippen LogP contribution in [0.2, 0.25) is 0 Å². The lowest BCUT2D eigenvalue weighted by Gasteiger charge is -2.61. The third-order valence-corrected chi connectivity index (χ3v) is 11.5. The Hall–Kier alpha value is -4.56. The molecule has 2 bridgehead atoms. The smallest absolute Gasteiger partial charge is 0.337 e. The largest absolute Gasteiger partial charge is 0.462 e. The number of benzene rings is 1. The Kier molecular flexibility index (Phi) is 13.1. The van der Waals surface area contributed by atoms with Crippen LogP contribution in [0, 0.1) is 22.7 Å². The molecule has 0 amide bonds. The molecule has 14 nitrogen and oxygen atoms in total. The summed E-state index contributed by atoms with van der Waals surface area (Å²) in [5, 5.41) is 11.5. The number of hydrogen-bond acceptors (Lipinski definition) is 14. The lowest BCUT2D eigenvalue weighted by atomic mass is 9.48. The van der Waals surface area contributed by atoms with Gasteiger partial charge in [-0.25, -0.2) is 4.79 Å². The first-order valence-electron chi connectivity index (χ1n) is 18.4. The van der Waals surface area contributed by atoms with Crippen LogP contribution >= 0.6 is 0 Å². The molecule has 11 atom stereocenters. The van der Waals surface area contributed by atoms with Crippen molar-refractivity contribution in [2.75, 3.05) is 14.1 Å². The van der Waals surface area contributed by atoms with Gasteiger partial charge in [0.2, 0.25) is 0 Å². The molecule has 8 unspecified atom stereocenters. The maximum absolute atomic E-state index is 14.0. The van der Waals surface area contributed by atoms with Crippen LogP contribution in [0.4, 0.5) is 0 Å². The summed E-state index contributed by atoms with van der Waals surface area (Å²) in [6.45, 7) is 17.6. The van der Waals surface area contributed by atoms with Gasteiger partial charge in [0.15, 0.2) is 18.3 Å². The molecular formula is C41H55NO13. The number of ether oxygens (including phenoxy) is 6. The van der Waals surface area contributed by atoms with Gasteiger partial charge in [-0.3, -0.25) is 28.9 Å². The number of aliphatic hydroxyl groups excluding tert-OH is 1. The number of fused-ring (bicyclic) bond motifs is 3. The Morgan fingerprint density at radius 1 is 0.764 bits per heavy atom. The highest BCUT2D eigenvalue weighted by Gasteiger charge is 2.68. The highest BCUT2D eigenvalue weighted by molar-refractivity contribution is 5.76. The number of nitrogens with zero attached hydrogens (tertiary/aromatic N) is 1. The predicted molar refractivity (Wildman–Crippen MR) is 196 cm³/mol. The van der Waals surface area contributed by atoms with Gasteiger partial charge in [0.05, 0.1) is 11.5 Å². The van der Waals surface area contributed by atoms with Gasteiger partial charge in [-0.05, 0) is 55.1 Å². The molecule has 55 heavy (non-hydrogen) atoms. The van der Waals surface area contributed by atoms with Gasteiger partial charge in [0.1, 0.15) is 24.4 Å². The van der Waals surface area contributed by atoms with E-state index in [9.17, 15) is 33.9 Å². The molecule has 0 radical (unpaired) electrons. The van der Waals surface area contributed by atoms with Gasteiger partial charge in [0, 0.05) is 52.9 Å². The van der Waals surface area contributed by atoms with Crippen LogP contribution in [-0.2, 0) is 57.2 Å². The molecule has 3 aliphatic carbocycles. The van der Waals surface area contributed by atoms with E-state index < -0.39 is 107 Å². The molecule has 1 N–H and O–H groups in total. The van der Waals surface area contributed by atoms with Gasteiger partial charge >= 0.3 is 35.8 Å². The van der Waals surface area contributed by atoms with E-state index in [0.717, 1.165) is 0 Å². The highest BCUT2D eigenvalue weighted by atomic mass is 16.6. The summed E-state index contributed by atoms with van der Waals surface area (Å²) in [4.78, 5) is 80.3. The van der Waals surface area contributed by atoms with E-state index in [2.05, 4.69) is 6.58 Å². The fourth-order valence-electron chi connectivity index (χ4n) is 9.35. The Bertz CT molecular complexity index is 1720. The topological polar surface area (TPSA) is 181 Å². The zero-order valence-corrected chi connectivity index (χ0v) is 33.6. The molecule has 0 aliphatic heterocycles. The van der Waals surface area contributed by atoms with Crippen molar-refractivity contribution in [1.29, 1.82) is 0 Å². The van der Waals surface area contributed by atoms with E-state index >= 15 is 0 Å². The van der Waals surface area contributed by atoms with Crippen LogP contribution in [0.3, 0.4) is 0 Å². The first kappa shape index (κ1) is 43.2. The van der Waals surface area contributed by atoms with Gasteiger partial charge in [-0.2, -0.15) is 0 Å². The molecule has 0 heterocycles. The van der Waals surface area contributed by atoms with Crippen molar-refractivity contribution >= 4 is 35.8 Å². The van der Waals surface area contributed by atoms with Crippen molar-refractivity contribution in [3.63, 3.8) is 0 Å². The van der Waals surface area contributed by atoms with E-state index in [0.29, 0.717) is 16.7 Å². The van der Waals surface area contributed by atoms with Crippen LogP contribution in [0.5, 0.6) is 0 Å². The van der Waals surface area contributed by atoms with E-state index in [-0.39, 0.29) is 18.4 Å².